The molecule has 0 radical (unpaired) electrons. The molecule has 0 fully saturated rings. The van der Waals surface area contributed by atoms with Crippen molar-refractivity contribution in [1.29, 1.82) is 0 Å². The third kappa shape index (κ3) is 6.55. The van der Waals surface area contributed by atoms with Crippen molar-refractivity contribution < 1.29 is 9.47 Å². The predicted octanol–water partition coefficient (Wildman–Crippen LogP) is 2.70. The van der Waals surface area contributed by atoms with Crippen LogP contribution in [0.15, 0.2) is 12.3 Å². The van der Waals surface area contributed by atoms with E-state index in [0.717, 1.165) is 49.5 Å². The lowest BCUT2D eigenvalue weighted by atomic mass is 10.2. The van der Waals surface area contributed by atoms with Crippen LogP contribution in [0.3, 0.4) is 0 Å². The van der Waals surface area contributed by atoms with Gasteiger partial charge in [0, 0.05) is 36.7 Å². The number of nitrogens with one attached hydrogen (secondary N) is 1. The van der Waals surface area contributed by atoms with E-state index in [0.29, 0.717) is 13.2 Å². The minimum atomic E-state index is 0.588. The van der Waals surface area contributed by atoms with Crippen LogP contribution in [-0.2, 0) is 11.3 Å². The van der Waals surface area contributed by atoms with Crippen molar-refractivity contribution in [3.05, 3.63) is 23.5 Å². The second kappa shape index (κ2) is 9.75. The van der Waals surface area contributed by atoms with Gasteiger partial charge in [-0.3, -0.25) is 4.98 Å². The number of ether oxygens (including phenoxy) is 2. The van der Waals surface area contributed by atoms with Gasteiger partial charge in [-0.15, -0.1) is 0 Å². The van der Waals surface area contributed by atoms with E-state index in [1.54, 1.807) is 0 Å². The Morgan fingerprint density at radius 1 is 1.16 bits per heavy atom. The number of rotatable bonds is 10. The average Bonchev–Trinajstić information content (AvgIpc) is 2.41. The van der Waals surface area contributed by atoms with Gasteiger partial charge in [0.05, 0.1) is 6.61 Å². The maximum atomic E-state index is 5.79. The van der Waals surface area contributed by atoms with E-state index in [9.17, 15) is 0 Å². The Bertz CT molecular complexity index is 356. The standard InChI is InChI=1S/C15H26N2O2/c1-4-6-16-11-14-12-17-13(3)10-15(14)19-9-8-18-7-5-2/h10,12,16H,4-9,11H2,1-3H3. The first-order chi connectivity index (χ1) is 9.27. The molecule has 1 heterocycles. The Kier molecular flexibility index (Phi) is 8.18. The lowest BCUT2D eigenvalue weighted by Crippen LogP contribution is -2.16. The van der Waals surface area contributed by atoms with E-state index in [-0.39, 0.29) is 0 Å². The molecule has 1 aromatic rings. The molecular weight excluding hydrogens is 240 g/mol. The number of nitrogens with zero attached hydrogens (tertiary/aromatic N) is 1. The summed E-state index contributed by atoms with van der Waals surface area (Å²) in [4.78, 5) is 4.32. The summed E-state index contributed by atoms with van der Waals surface area (Å²) in [6, 6.07) is 1.99. The number of aryl methyl sites for hydroxylation is 1. The SMILES string of the molecule is CCCNCc1cnc(C)cc1OCCOCCC. The van der Waals surface area contributed by atoms with E-state index < -0.39 is 0 Å². The molecule has 0 bridgehead atoms. The van der Waals surface area contributed by atoms with Crippen LogP contribution in [0, 0.1) is 6.92 Å². The summed E-state index contributed by atoms with van der Waals surface area (Å²) < 4.78 is 11.2. The number of hydrogen-bond donors (Lipinski definition) is 1. The van der Waals surface area contributed by atoms with Gasteiger partial charge in [-0.1, -0.05) is 13.8 Å². The Labute approximate surface area is 116 Å². The van der Waals surface area contributed by atoms with Gasteiger partial charge >= 0.3 is 0 Å². The zero-order valence-corrected chi connectivity index (χ0v) is 12.4. The minimum absolute atomic E-state index is 0.588. The third-order valence-corrected chi connectivity index (χ3v) is 2.66. The van der Waals surface area contributed by atoms with E-state index in [2.05, 4.69) is 24.1 Å². The van der Waals surface area contributed by atoms with Crippen LogP contribution < -0.4 is 10.1 Å². The Hall–Kier alpha value is -1.13. The molecule has 4 heteroatoms. The summed E-state index contributed by atoms with van der Waals surface area (Å²) in [5, 5.41) is 3.37. The predicted molar refractivity (Wildman–Crippen MR) is 77.6 cm³/mol. The van der Waals surface area contributed by atoms with Crippen molar-refractivity contribution >= 4 is 0 Å². The second-order valence-electron chi connectivity index (χ2n) is 4.57. The molecule has 0 aromatic carbocycles. The smallest absolute Gasteiger partial charge is 0.127 e. The zero-order valence-electron chi connectivity index (χ0n) is 12.4. The van der Waals surface area contributed by atoms with Gasteiger partial charge in [0.15, 0.2) is 0 Å². The summed E-state index contributed by atoms with van der Waals surface area (Å²) in [6.07, 6.45) is 4.06. The Morgan fingerprint density at radius 3 is 2.74 bits per heavy atom. The molecular formula is C15H26N2O2. The van der Waals surface area contributed by atoms with Gasteiger partial charge < -0.3 is 14.8 Å². The van der Waals surface area contributed by atoms with Gasteiger partial charge in [0.1, 0.15) is 12.4 Å². The summed E-state index contributed by atoms with van der Waals surface area (Å²) in [6.45, 7) is 10.1. The van der Waals surface area contributed by atoms with E-state index >= 15 is 0 Å². The molecule has 108 valence electrons. The van der Waals surface area contributed by atoms with Crippen LogP contribution in [-0.4, -0.2) is 31.3 Å². The zero-order chi connectivity index (χ0) is 13.9. The first-order valence-corrected chi connectivity index (χ1v) is 7.14. The Balaban J connectivity index is 2.46. The van der Waals surface area contributed by atoms with Gasteiger partial charge in [0.2, 0.25) is 0 Å². The molecule has 1 N–H and O–H groups in total. The summed E-state index contributed by atoms with van der Waals surface area (Å²) >= 11 is 0. The molecule has 0 spiro atoms. The summed E-state index contributed by atoms with van der Waals surface area (Å²) in [5.74, 6) is 0.913. The molecule has 1 aromatic heterocycles. The van der Waals surface area contributed by atoms with Crippen molar-refractivity contribution in [3.63, 3.8) is 0 Å². The molecule has 0 saturated carbocycles. The average molecular weight is 266 g/mol. The van der Waals surface area contributed by atoms with E-state index in [1.165, 1.54) is 0 Å². The van der Waals surface area contributed by atoms with Crippen LogP contribution >= 0.6 is 0 Å². The fraction of sp³-hybridized carbons (Fsp3) is 0.667. The van der Waals surface area contributed by atoms with Gasteiger partial charge in [-0.2, -0.15) is 0 Å². The molecule has 0 unspecified atom stereocenters. The Morgan fingerprint density at radius 2 is 2.00 bits per heavy atom. The van der Waals surface area contributed by atoms with Crippen molar-refractivity contribution in [1.82, 2.24) is 10.3 Å². The van der Waals surface area contributed by atoms with Crippen molar-refractivity contribution in [2.24, 2.45) is 0 Å². The summed E-state index contributed by atoms with van der Waals surface area (Å²) in [5.41, 5.74) is 2.08. The molecule has 0 aliphatic heterocycles. The lowest BCUT2D eigenvalue weighted by Gasteiger charge is -2.12. The highest BCUT2D eigenvalue weighted by Gasteiger charge is 2.05. The maximum Gasteiger partial charge on any atom is 0.127 e. The highest BCUT2D eigenvalue weighted by atomic mass is 16.5. The highest BCUT2D eigenvalue weighted by Crippen LogP contribution is 2.18. The highest BCUT2D eigenvalue weighted by molar-refractivity contribution is 5.32. The van der Waals surface area contributed by atoms with E-state index in [1.807, 2.05) is 19.2 Å². The topological polar surface area (TPSA) is 43.4 Å². The van der Waals surface area contributed by atoms with E-state index in [4.69, 9.17) is 9.47 Å². The first kappa shape index (κ1) is 15.9. The van der Waals surface area contributed by atoms with Gasteiger partial charge in [-0.05, 0) is 26.3 Å². The first-order valence-electron chi connectivity index (χ1n) is 7.14. The van der Waals surface area contributed by atoms with Crippen LogP contribution in [0.5, 0.6) is 5.75 Å². The van der Waals surface area contributed by atoms with Crippen LogP contribution in [0.1, 0.15) is 37.9 Å². The summed E-state index contributed by atoms with van der Waals surface area (Å²) in [7, 11) is 0. The second-order valence-corrected chi connectivity index (χ2v) is 4.57. The maximum absolute atomic E-state index is 5.79. The van der Waals surface area contributed by atoms with Crippen molar-refractivity contribution in [2.75, 3.05) is 26.4 Å². The van der Waals surface area contributed by atoms with Crippen LogP contribution in [0.25, 0.3) is 0 Å². The van der Waals surface area contributed by atoms with Crippen molar-refractivity contribution in [3.8, 4) is 5.75 Å². The number of pyridine rings is 1. The third-order valence-electron chi connectivity index (χ3n) is 2.66. The minimum Gasteiger partial charge on any atom is -0.491 e. The quantitative estimate of drug-likeness (QED) is 0.661. The lowest BCUT2D eigenvalue weighted by molar-refractivity contribution is 0.100. The molecule has 1 rings (SSSR count). The number of hydrogen-bond acceptors (Lipinski definition) is 4. The monoisotopic (exact) mass is 266 g/mol. The number of aromatic nitrogens is 1. The molecule has 0 aliphatic carbocycles. The van der Waals surface area contributed by atoms with Crippen molar-refractivity contribution in [2.45, 2.75) is 40.2 Å². The fourth-order valence-corrected chi connectivity index (χ4v) is 1.69. The molecule has 4 nitrogen and oxygen atoms in total. The van der Waals surface area contributed by atoms with Gasteiger partial charge in [0.25, 0.3) is 0 Å². The normalized spacial score (nSPS) is 10.7. The van der Waals surface area contributed by atoms with Crippen LogP contribution in [0.4, 0.5) is 0 Å². The molecule has 0 atom stereocenters. The fourth-order valence-electron chi connectivity index (χ4n) is 1.69. The molecule has 19 heavy (non-hydrogen) atoms. The largest absolute Gasteiger partial charge is 0.491 e. The molecule has 0 saturated heterocycles. The van der Waals surface area contributed by atoms with Crippen LogP contribution in [0.2, 0.25) is 0 Å². The van der Waals surface area contributed by atoms with Gasteiger partial charge in [-0.25, -0.2) is 0 Å². The molecule has 0 aliphatic rings. The molecule has 0 amide bonds.